The standard InChI is InChI=1S/C9H15F3N4O2S/c1-8(2,3)16-6(4-5-9(10,11)12)14-15-7(16)19(13,17)18/h4-5H2,1-3H3,(H2,13,17,18). The molecule has 0 saturated carbocycles. The monoisotopic (exact) mass is 300 g/mol. The molecule has 2 N–H and O–H groups in total. The number of rotatable bonds is 3. The summed E-state index contributed by atoms with van der Waals surface area (Å²) >= 11 is 0. The van der Waals surface area contributed by atoms with Gasteiger partial charge in [-0.1, -0.05) is 0 Å². The number of halogens is 3. The van der Waals surface area contributed by atoms with Crippen molar-refractivity contribution in [2.45, 2.75) is 50.5 Å². The van der Waals surface area contributed by atoms with Gasteiger partial charge in [0.05, 0.1) is 6.42 Å². The van der Waals surface area contributed by atoms with Gasteiger partial charge in [0.2, 0.25) is 0 Å². The normalized spacial score (nSPS) is 13.8. The summed E-state index contributed by atoms with van der Waals surface area (Å²) in [4.78, 5) is 0. The molecule has 1 heterocycles. The van der Waals surface area contributed by atoms with Gasteiger partial charge in [-0.2, -0.15) is 13.2 Å². The second kappa shape index (κ2) is 4.75. The van der Waals surface area contributed by atoms with E-state index in [0.717, 1.165) is 4.57 Å². The third-order valence-electron chi connectivity index (χ3n) is 2.26. The number of nitrogens with two attached hydrogens (primary N) is 1. The molecule has 0 spiro atoms. The van der Waals surface area contributed by atoms with Crippen LogP contribution in [0.4, 0.5) is 13.2 Å². The molecule has 110 valence electrons. The Hall–Kier alpha value is -1.16. The first-order valence-corrected chi connectivity index (χ1v) is 6.91. The predicted octanol–water partition coefficient (Wildman–Crippen LogP) is 1.18. The van der Waals surface area contributed by atoms with Crippen molar-refractivity contribution in [3.8, 4) is 0 Å². The molecule has 0 radical (unpaired) electrons. The third-order valence-corrected chi connectivity index (χ3v) is 3.03. The van der Waals surface area contributed by atoms with E-state index in [4.69, 9.17) is 5.14 Å². The van der Waals surface area contributed by atoms with Crippen molar-refractivity contribution in [2.75, 3.05) is 0 Å². The number of aryl methyl sites for hydroxylation is 1. The maximum absolute atomic E-state index is 12.2. The Morgan fingerprint density at radius 2 is 1.74 bits per heavy atom. The molecule has 0 amide bonds. The quantitative estimate of drug-likeness (QED) is 0.907. The summed E-state index contributed by atoms with van der Waals surface area (Å²) < 4.78 is 60.4. The van der Waals surface area contributed by atoms with E-state index in [0.29, 0.717) is 0 Å². The van der Waals surface area contributed by atoms with Gasteiger partial charge in [0, 0.05) is 12.0 Å². The molecule has 0 bridgehead atoms. The van der Waals surface area contributed by atoms with Crippen molar-refractivity contribution in [3.63, 3.8) is 0 Å². The lowest BCUT2D eigenvalue weighted by atomic mass is 10.1. The van der Waals surface area contributed by atoms with Crippen molar-refractivity contribution in [1.82, 2.24) is 14.8 Å². The second-order valence-electron chi connectivity index (χ2n) is 5.07. The first kappa shape index (κ1) is 15.9. The smallest absolute Gasteiger partial charge is 0.295 e. The molecular formula is C9H15F3N4O2S. The minimum atomic E-state index is -4.35. The molecule has 0 saturated heterocycles. The molecule has 1 aromatic heterocycles. The van der Waals surface area contributed by atoms with Crippen molar-refractivity contribution in [2.24, 2.45) is 5.14 Å². The molecule has 1 aromatic rings. The summed E-state index contributed by atoms with van der Waals surface area (Å²) in [5, 5.41) is 11.3. The molecule has 0 unspecified atom stereocenters. The van der Waals surface area contributed by atoms with Crippen LogP contribution in [0.1, 0.15) is 33.0 Å². The van der Waals surface area contributed by atoms with Gasteiger partial charge >= 0.3 is 6.18 Å². The van der Waals surface area contributed by atoms with E-state index >= 15 is 0 Å². The van der Waals surface area contributed by atoms with Crippen LogP contribution >= 0.6 is 0 Å². The highest BCUT2D eigenvalue weighted by atomic mass is 32.2. The zero-order valence-electron chi connectivity index (χ0n) is 10.7. The van der Waals surface area contributed by atoms with E-state index < -0.39 is 39.7 Å². The molecule has 0 aromatic carbocycles. The van der Waals surface area contributed by atoms with Crippen molar-refractivity contribution < 1.29 is 21.6 Å². The first-order valence-electron chi connectivity index (χ1n) is 5.37. The zero-order valence-corrected chi connectivity index (χ0v) is 11.5. The van der Waals surface area contributed by atoms with Crippen molar-refractivity contribution in [3.05, 3.63) is 5.82 Å². The van der Waals surface area contributed by atoms with Crippen LogP contribution in [-0.2, 0) is 22.0 Å². The summed E-state index contributed by atoms with van der Waals surface area (Å²) in [6, 6.07) is 0. The Bertz CT molecular complexity index is 557. The van der Waals surface area contributed by atoms with E-state index in [-0.39, 0.29) is 5.82 Å². The van der Waals surface area contributed by atoms with Gasteiger partial charge in [-0.05, 0) is 20.8 Å². The summed E-state index contributed by atoms with van der Waals surface area (Å²) in [5.74, 6) is -0.0612. The fraction of sp³-hybridized carbons (Fsp3) is 0.778. The van der Waals surface area contributed by atoms with E-state index in [1.807, 2.05) is 0 Å². The summed E-state index contributed by atoms with van der Waals surface area (Å²) in [6.07, 6.45) is -5.91. The van der Waals surface area contributed by atoms with E-state index in [9.17, 15) is 21.6 Å². The maximum Gasteiger partial charge on any atom is 0.389 e. The second-order valence-corrected chi connectivity index (χ2v) is 6.52. The number of aromatic nitrogens is 3. The van der Waals surface area contributed by atoms with Crippen LogP contribution in [-0.4, -0.2) is 29.4 Å². The highest BCUT2D eigenvalue weighted by molar-refractivity contribution is 7.89. The van der Waals surface area contributed by atoms with Gasteiger partial charge in [0.15, 0.2) is 0 Å². The van der Waals surface area contributed by atoms with Gasteiger partial charge in [-0.25, -0.2) is 13.6 Å². The topological polar surface area (TPSA) is 90.9 Å². The number of alkyl halides is 3. The number of nitrogens with zero attached hydrogens (tertiary/aromatic N) is 3. The molecular weight excluding hydrogens is 285 g/mol. The van der Waals surface area contributed by atoms with Gasteiger partial charge in [-0.15, -0.1) is 10.2 Å². The minimum absolute atomic E-state index is 0.0612. The van der Waals surface area contributed by atoms with Gasteiger partial charge in [0.25, 0.3) is 15.2 Å². The van der Waals surface area contributed by atoms with Crippen molar-refractivity contribution >= 4 is 10.0 Å². The maximum atomic E-state index is 12.2. The largest absolute Gasteiger partial charge is 0.389 e. The van der Waals surface area contributed by atoms with Crippen LogP contribution in [0.15, 0.2) is 5.16 Å². The van der Waals surface area contributed by atoms with E-state index in [2.05, 4.69) is 10.2 Å². The Morgan fingerprint density at radius 3 is 2.11 bits per heavy atom. The van der Waals surface area contributed by atoms with Crippen LogP contribution in [0.3, 0.4) is 0 Å². The summed E-state index contributed by atoms with van der Waals surface area (Å²) in [7, 11) is -4.14. The van der Waals surface area contributed by atoms with Crippen LogP contribution in [0, 0.1) is 0 Å². The van der Waals surface area contributed by atoms with Crippen LogP contribution in [0.5, 0.6) is 0 Å². The molecule has 1 rings (SSSR count). The highest BCUT2D eigenvalue weighted by Crippen LogP contribution is 2.25. The fourth-order valence-electron chi connectivity index (χ4n) is 1.57. The van der Waals surface area contributed by atoms with E-state index in [1.165, 1.54) is 0 Å². The summed E-state index contributed by atoms with van der Waals surface area (Å²) in [6.45, 7) is 4.88. The van der Waals surface area contributed by atoms with Gasteiger partial charge < -0.3 is 0 Å². The number of primary sulfonamides is 1. The fourth-order valence-corrected chi connectivity index (χ4v) is 2.36. The minimum Gasteiger partial charge on any atom is -0.295 e. The SMILES string of the molecule is CC(C)(C)n1c(CCC(F)(F)F)nnc1S(N)(=O)=O. The molecule has 19 heavy (non-hydrogen) atoms. The van der Waals surface area contributed by atoms with Crippen LogP contribution in [0.2, 0.25) is 0 Å². The van der Waals surface area contributed by atoms with Gasteiger partial charge in [0.1, 0.15) is 5.82 Å². The lowest BCUT2D eigenvalue weighted by molar-refractivity contribution is -0.134. The molecule has 0 aliphatic heterocycles. The molecule has 6 nitrogen and oxygen atoms in total. The molecule has 0 fully saturated rings. The predicted molar refractivity (Wildman–Crippen MR) is 60.8 cm³/mol. The molecule has 0 atom stereocenters. The van der Waals surface area contributed by atoms with Crippen LogP contribution in [0.25, 0.3) is 0 Å². The lowest BCUT2D eigenvalue weighted by Gasteiger charge is -2.24. The third kappa shape index (κ3) is 4.16. The van der Waals surface area contributed by atoms with E-state index in [1.54, 1.807) is 20.8 Å². The van der Waals surface area contributed by atoms with Crippen LogP contribution < -0.4 is 5.14 Å². The average Bonchev–Trinajstić information content (AvgIpc) is 2.55. The Labute approximate surface area is 108 Å². The molecule has 0 aliphatic carbocycles. The van der Waals surface area contributed by atoms with Gasteiger partial charge in [-0.3, -0.25) is 4.57 Å². The Kier molecular flexibility index (Phi) is 3.97. The van der Waals surface area contributed by atoms with Crippen molar-refractivity contribution in [1.29, 1.82) is 0 Å². The molecule has 0 aliphatic rings. The lowest BCUT2D eigenvalue weighted by Crippen LogP contribution is -2.30. The highest BCUT2D eigenvalue weighted by Gasteiger charge is 2.32. The summed E-state index contributed by atoms with van der Waals surface area (Å²) in [5.41, 5.74) is -0.799. The Balaban J connectivity index is 3.25. The number of hydrogen-bond acceptors (Lipinski definition) is 4. The Morgan fingerprint density at radius 1 is 1.21 bits per heavy atom. The average molecular weight is 300 g/mol. The number of sulfonamides is 1. The first-order chi connectivity index (χ1) is 8.32. The number of hydrogen-bond donors (Lipinski definition) is 1. The zero-order chi connectivity index (χ0) is 15.1. The molecule has 10 heteroatoms.